The summed E-state index contributed by atoms with van der Waals surface area (Å²) in [6.07, 6.45) is 2.18. The van der Waals surface area contributed by atoms with E-state index in [0.717, 1.165) is 46.1 Å². The molecule has 0 aliphatic rings. The molecule has 0 unspecified atom stereocenters. The molecule has 0 heterocycles. The van der Waals surface area contributed by atoms with Crippen molar-refractivity contribution < 1.29 is 14.2 Å². The minimum absolute atomic E-state index is 0.666. The molecule has 3 aromatic carbocycles. The Bertz CT molecular complexity index is 943. The molecule has 3 aromatic rings. The van der Waals surface area contributed by atoms with Gasteiger partial charge in [-0.2, -0.15) is 0 Å². The van der Waals surface area contributed by atoms with Crippen LogP contribution in [-0.2, 0) is 0 Å². The van der Waals surface area contributed by atoms with Gasteiger partial charge in [0.15, 0.2) is 0 Å². The summed E-state index contributed by atoms with van der Waals surface area (Å²) in [6.45, 7) is 1.55. The van der Waals surface area contributed by atoms with Crippen LogP contribution in [0.3, 0.4) is 0 Å². The van der Waals surface area contributed by atoms with Gasteiger partial charge in [0, 0.05) is 6.54 Å². The van der Waals surface area contributed by atoms with E-state index in [2.05, 4.69) is 47.4 Å². The van der Waals surface area contributed by atoms with Crippen LogP contribution in [0.2, 0.25) is 0 Å². The van der Waals surface area contributed by atoms with Gasteiger partial charge < -0.3 is 19.1 Å². The van der Waals surface area contributed by atoms with Crippen molar-refractivity contribution in [2.75, 3.05) is 41.5 Å². The Hall–Kier alpha value is -3.24. The van der Waals surface area contributed by atoms with E-state index in [1.807, 2.05) is 50.5 Å². The Labute approximate surface area is 179 Å². The molecule has 30 heavy (non-hydrogen) atoms. The third-order valence-corrected chi connectivity index (χ3v) is 4.80. The first kappa shape index (κ1) is 21.5. The van der Waals surface area contributed by atoms with Crippen LogP contribution in [0, 0.1) is 0 Å². The SMILES string of the molecule is COc1ccc(/C=C(\c2ccc(OC)cc2)c2ccc(OCCN(C)C)cc2)cc1. The number of hydrogen-bond acceptors (Lipinski definition) is 4. The third-order valence-electron chi connectivity index (χ3n) is 4.80. The number of hydrogen-bond donors (Lipinski definition) is 0. The van der Waals surface area contributed by atoms with Crippen molar-refractivity contribution in [2.24, 2.45) is 0 Å². The van der Waals surface area contributed by atoms with Crippen molar-refractivity contribution in [3.05, 3.63) is 89.5 Å². The van der Waals surface area contributed by atoms with E-state index in [0.29, 0.717) is 6.61 Å². The first-order chi connectivity index (χ1) is 14.6. The summed E-state index contributed by atoms with van der Waals surface area (Å²) >= 11 is 0. The molecule has 0 atom stereocenters. The molecular weight excluding hydrogens is 374 g/mol. The number of likely N-dealkylation sites (N-methyl/N-ethyl adjacent to an activating group) is 1. The highest BCUT2D eigenvalue weighted by Gasteiger charge is 2.07. The number of ether oxygens (including phenoxy) is 3. The Morgan fingerprint density at radius 1 is 0.700 bits per heavy atom. The minimum atomic E-state index is 0.666. The lowest BCUT2D eigenvalue weighted by Gasteiger charge is -2.13. The molecule has 0 spiro atoms. The molecule has 0 saturated heterocycles. The van der Waals surface area contributed by atoms with Crippen molar-refractivity contribution in [1.29, 1.82) is 0 Å². The molecule has 0 aliphatic carbocycles. The average molecular weight is 404 g/mol. The number of nitrogens with zero attached hydrogens (tertiary/aromatic N) is 1. The number of benzene rings is 3. The Balaban J connectivity index is 1.91. The van der Waals surface area contributed by atoms with Crippen LogP contribution < -0.4 is 14.2 Å². The van der Waals surface area contributed by atoms with Crippen LogP contribution in [0.15, 0.2) is 72.8 Å². The molecule has 3 rings (SSSR count). The van der Waals surface area contributed by atoms with Crippen LogP contribution in [0.4, 0.5) is 0 Å². The van der Waals surface area contributed by atoms with E-state index >= 15 is 0 Å². The molecule has 0 aromatic heterocycles. The molecule has 0 bridgehead atoms. The fourth-order valence-corrected chi connectivity index (χ4v) is 3.05. The van der Waals surface area contributed by atoms with Gasteiger partial charge in [-0.05, 0) is 78.8 Å². The summed E-state index contributed by atoms with van der Waals surface area (Å²) in [6, 6.07) is 24.4. The van der Waals surface area contributed by atoms with Gasteiger partial charge in [0.2, 0.25) is 0 Å². The number of methoxy groups -OCH3 is 2. The van der Waals surface area contributed by atoms with Crippen molar-refractivity contribution in [3.8, 4) is 17.2 Å². The van der Waals surface area contributed by atoms with Crippen molar-refractivity contribution in [3.63, 3.8) is 0 Å². The Kier molecular flexibility index (Phi) is 7.52. The van der Waals surface area contributed by atoms with Crippen LogP contribution in [0.25, 0.3) is 11.6 Å². The smallest absolute Gasteiger partial charge is 0.119 e. The first-order valence-corrected chi connectivity index (χ1v) is 9.97. The van der Waals surface area contributed by atoms with E-state index in [-0.39, 0.29) is 0 Å². The summed E-state index contributed by atoms with van der Waals surface area (Å²) in [5.41, 5.74) is 4.47. The highest BCUT2D eigenvalue weighted by Crippen LogP contribution is 2.29. The zero-order valence-corrected chi connectivity index (χ0v) is 18.1. The lowest BCUT2D eigenvalue weighted by Crippen LogP contribution is -2.19. The van der Waals surface area contributed by atoms with Gasteiger partial charge in [-0.25, -0.2) is 0 Å². The van der Waals surface area contributed by atoms with E-state index in [1.54, 1.807) is 14.2 Å². The molecule has 4 heteroatoms. The number of rotatable bonds is 9. The lowest BCUT2D eigenvalue weighted by molar-refractivity contribution is 0.261. The fourth-order valence-electron chi connectivity index (χ4n) is 3.05. The molecular formula is C26H29NO3. The molecule has 0 radical (unpaired) electrons. The standard InChI is InChI=1S/C26H29NO3/c1-27(2)17-18-30-25-15-9-22(10-16-25)26(21-7-13-24(29-4)14-8-21)19-20-5-11-23(28-3)12-6-20/h5-16,19H,17-18H2,1-4H3/b26-19+. The summed E-state index contributed by atoms with van der Waals surface area (Å²) < 4.78 is 16.4. The topological polar surface area (TPSA) is 30.9 Å². The largest absolute Gasteiger partial charge is 0.497 e. The Morgan fingerprint density at radius 2 is 1.17 bits per heavy atom. The lowest BCUT2D eigenvalue weighted by atomic mass is 9.95. The van der Waals surface area contributed by atoms with Crippen molar-refractivity contribution in [1.82, 2.24) is 4.90 Å². The van der Waals surface area contributed by atoms with Gasteiger partial charge in [0.1, 0.15) is 23.9 Å². The zero-order valence-electron chi connectivity index (χ0n) is 18.1. The van der Waals surface area contributed by atoms with Crippen LogP contribution >= 0.6 is 0 Å². The summed E-state index contributed by atoms with van der Waals surface area (Å²) in [4.78, 5) is 2.10. The van der Waals surface area contributed by atoms with Crippen LogP contribution in [0.1, 0.15) is 16.7 Å². The fraction of sp³-hybridized carbons (Fsp3) is 0.231. The summed E-state index contributed by atoms with van der Waals surface area (Å²) in [5.74, 6) is 2.56. The molecule has 0 amide bonds. The van der Waals surface area contributed by atoms with Crippen LogP contribution in [-0.4, -0.2) is 46.4 Å². The second-order valence-electron chi connectivity index (χ2n) is 7.24. The van der Waals surface area contributed by atoms with Crippen LogP contribution in [0.5, 0.6) is 17.2 Å². The van der Waals surface area contributed by atoms with Crippen molar-refractivity contribution in [2.45, 2.75) is 0 Å². The molecule has 0 aliphatic heterocycles. The van der Waals surface area contributed by atoms with Gasteiger partial charge in [0.05, 0.1) is 14.2 Å². The van der Waals surface area contributed by atoms with E-state index in [4.69, 9.17) is 14.2 Å². The normalized spacial score (nSPS) is 11.4. The average Bonchev–Trinajstić information content (AvgIpc) is 2.78. The van der Waals surface area contributed by atoms with E-state index in [9.17, 15) is 0 Å². The molecule has 4 nitrogen and oxygen atoms in total. The maximum Gasteiger partial charge on any atom is 0.119 e. The highest BCUT2D eigenvalue weighted by molar-refractivity contribution is 5.91. The molecule has 156 valence electrons. The molecule has 0 saturated carbocycles. The van der Waals surface area contributed by atoms with Gasteiger partial charge in [-0.15, -0.1) is 0 Å². The first-order valence-electron chi connectivity index (χ1n) is 9.97. The summed E-state index contributed by atoms with van der Waals surface area (Å²) in [5, 5.41) is 0. The van der Waals surface area contributed by atoms with Crippen molar-refractivity contribution >= 4 is 11.6 Å². The second-order valence-corrected chi connectivity index (χ2v) is 7.24. The molecule has 0 N–H and O–H groups in total. The molecule has 0 fully saturated rings. The maximum absolute atomic E-state index is 5.84. The van der Waals surface area contributed by atoms with E-state index < -0.39 is 0 Å². The second kappa shape index (κ2) is 10.5. The quantitative estimate of drug-likeness (QED) is 0.458. The monoisotopic (exact) mass is 403 g/mol. The van der Waals surface area contributed by atoms with Gasteiger partial charge in [-0.1, -0.05) is 36.4 Å². The van der Waals surface area contributed by atoms with Gasteiger partial charge in [-0.3, -0.25) is 0 Å². The van der Waals surface area contributed by atoms with E-state index in [1.165, 1.54) is 0 Å². The van der Waals surface area contributed by atoms with Gasteiger partial charge in [0.25, 0.3) is 0 Å². The minimum Gasteiger partial charge on any atom is -0.497 e. The summed E-state index contributed by atoms with van der Waals surface area (Å²) in [7, 11) is 7.43. The highest BCUT2D eigenvalue weighted by atomic mass is 16.5. The van der Waals surface area contributed by atoms with Gasteiger partial charge >= 0.3 is 0 Å². The predicted octanol–water partition coefficient (Wildman–Crippen LogP) is 5.23. The zero-order chi connectivity index (χ0) is 21.3. The predicted molar refractivity (Wildman–Crippen MR) is 123 cm³/mol. The maximum atomic E-state index is 5.84. The third kappa shape index (κ3) is 5.88. The Morgan fingerprint density at radius 3 is 1.63 bits per heavy atom.